The molecule has 4 heterocycles. The minimum Gasteiger partial charge on any atom is -0.381 e. The first-order valence-corrected chi connectivity index (χ1v) is 9.50. The Bertz CT molecular complexity index is 984. The van der Waals surface area contributed by atoms with Crippen LogP contribution in [0.3, 0.4) is 0 Å². The van der Waals surface area contributed by atoms with E-state index in [1.54, 1.807) is 7.11 Å². The van der Waals surface area contributed by atoms with E-state index in [4.69, 9.17) is 4.74 Å². The number of amidine groups is 1. The molecule has 0 spiro atoms. The summed E-state index contributed by atoms with van der Waals surface area (Å²) in [6, 6.07) is 2.25. The third-order valence-corrected chi connectivity index (χ3v) is 5.12. The number of rotatable bonds is 4. The van der Waals surface area contributed by atoms with Crippen LogP contribution in [0, 0.1) is 6.92 Å². The van der Waals surface area contributed by atoms with E-state index in [-0.39, 0.29) is 0 Å². The fraction of sp³-hybridized carbons (Fsp3) is 0.526. The highest BCUT2D eigenvalue weighted by Gasteiger charge is 2.26. The van der Waals surface area contributed by atoms with E-state index in [9.17, 15) is 0 Å². The fourth-order valence-corrected chi connectivity index (χ4v) is 3.81. The molecule has 0 aliphatic carbocycles. The summed E-state index contributed by atoms with van der Waals surface area (Å²) in [6.07, 6.45) is 8.30. The third-order valence-electron chi connectivity index (χ3n) is 5.12. The van der Waals surface area contributed by atoms with Crippen molar-refractivity contribution in [3.8, 4) is 0 Å². The van der Waals surface area contributed by atoms with Crippen molar-refractivity contribution < 1.29 is 14.1 Å². The summed E-state index contributed by atoms with van der Waals surface area (Å²) in [6.45, 7) is 8.29. The van der Waals surface area contributed by atoms with Gasteiger partial charge in [0.05, 0.1) is 37.5 Å². The number of piperidine rings is 1. The van der Waals surface area contributed by atoms with Crippen LogP contribution in [0.2, 0.25) is 0 Å². The highest BCUT2D eigenvalue weighted by molar-refractivity contribution is 6.09. The van der Waals surface area contributed by atoms with Crippen molar-refractivity contribution in [2.24, 2.45) is 10.1 Å². The zero-order chi connectivity index (χ0) is 19.0. The standard InChI is InChI=1S/C19H26N7O/c1-13(2)26-14(3)12-25-18(26)11-17(23-25)21-16-5-8-20-19(22-16)24-9-6-15(27-4)7-10-24/h5,8,11-13,15H,6-7,9-10H2,1-4H3/q+1/p+1. The van der Waals surface area contributed by atoms with Gasteiger partial charge in [0.25, 0.3) is 0 Å². The first-order chi connectivity index (χ1) is 13.0. The summed E-state index contributed by atoms with van der Waals surface area (Å²) < 4.78 is 9.59. The third kappa shape index (κ3) is 3.49. The molecule has 2 aliphatic rings. The summed E-state index contributed by atoms with van der Waals surface area (Å²) in [5.74, 6) is 2.17. The lowest BCUT2D eigenvalue weighted by atomic mass is 10.1. The summed E-state index contributed by atoms with van der Waals surface area (Å²) in [5, 5.41) is 4.58. The normalized spacial score (nSPS) is 18.7. The molecular formula is C19H27N7O+2. The van der Waals surface area contributed by atoms with Crippen molar-refractivity contribution >= 4 is 23.7 Å². The molecule has 0 radical (unpaired) electrons. The lowest BCUT2D eigenvalue weighted by Gasteiger charge is -2.26. The van der Waals surface area contributed by atoms with Crippen molar-refractivity contribution in [1.82, 2.24) is 9.55 Å². The number of aromatic amines is 1. The number of aliphatic imine (C=N–C) groups is 1. The van der Waals surface area contributed by atoms with Gasteiger partial charge in [0, 0.05) is 32.9 Å². The van der Waals surface area contributed by atoms with Crippen LogP contribution in [0.1, 0.15) is 38.4 Å². The molecule has 0 aromatic carbocycles. The van der Waals surface area contributed by atoms with Crippen LogP contribution < -0.4 is 19.7 Å². The van der Waals surface area contributed by atoms with Gasteiger partial charge in [-0.3, -0.25) is 4.90 Å². The Hall–Kier alpha value is -2.61. The Morgan fingerprint density at radius 1 is 1.33 bits per heavy atom. The monoisotopic (exact) mass is 369 g/mol. The predicted molar refractivity (Wildman–Crippen MR) is 102 cm³/mol. The van der Waals surface area contributed by atoms with E-state index in [1.807, 2.05) is 28.9 Å². The van der Waals surface area contributed by atoms with Gasteiger partial charge >= 0.3 is 11.4 Å². The molecule has 4 rings (SSSR count). The van der Waals surface area contributed by atoms with Gasteiger partial charge in [0.2, 0.25) is 11.7 Å². The van der Waals surface area contributed by atoms with Gasteiger partial charge in [0.1, 0.15) is 5.69 Å². The Morgan fingerprint density at radius 3 is 2.81 bits per heavy atom. The Balaban J connectivity index is 1.58. The van der Waals surface area contributed by atoms with Gasteiger partial charge in [-0.2, -0.15) is 4.99 Å². The molecule has 8 heteroatoms. The fourth-order valence-electron chi connectivity index (χ4n) is 3.81. The van der Waals surface area contributed by atoms with Crippen LogP contribution in [-0.2, 0) is 4.74 Å². The molecule has 0 saturated carbocycles. The van der Waals surface area contributed by atoms with Crippen LogP contribution in [-0.4, -0.2) is 41.7 Å². The van der Waals surface area contributed by atoms with Crippen LogP contribution in [0.4, 0.5) is 11.8 Å². The zero-order valence-corrected chi connectivity index (χ0v) is 16.4. The van der Waals surface area contributed by atoms with E-state index in [2.05, 4.69) is 50.3 Å². The van der Waals surface area contributed by atoms with E-state index in [1.165, 1.54) is 5.69 Å². The molecule has 2 aromatic heterocycles. The second-order valence-corrected chi connectivity index (χ2v) is 7.34. The smallest absolute Gasteiger partial charge is 0.381 e. The summed E-state index contributed by atoms with van der Waals surface area (Å²) in [5.41, 5.74) is 2.24. The summed E-state index contributed by atoms with van der Waals surface area (Å²) >= 11 is 0. The van der Waals surface area contributed by atoms with Gasteiger partial charge < -0.3 is 4.74 Å². The van der Waals surface area contributed by atoms with E-state index in [0.29, 0.717) is 23.8 Å². The maximum Gasteiger partial charge on any atom is 0.393 e. The molecular weight excluding hydrogens is 342 g/mol. The number of aromatic nitrogens is 4. The first-order valence-electron chi connectivity index (χ1n) is 9.50. The molecule has 27 heavy (non-hydrogen) atoms. The first kappa shape index (κ1) is 17.8. The number of anilines is 1. The highest BCUT2D eigenvalue weighted by atomic mass is 16.5. The van der Waals surface area contributed by atoms with E-state index >= 15 is 0 Å². The van der Waals surface area contributed by atoms with Crippen LogP contribution in [0.25, 0.3) is 6.08 Å². The molecule has 1 saturated heterocycles. The number of aryl methyl sites for hydroxylation is 1. The predicted octanol–water partition coefficient (Wildman–Crippen LogP) is 1.05. The second-order valence-electron chi connectivity index (χ2n) is 7.34. The lowest BCUT2D eigenvalue weighted by molar-refractivity contribution is -0.552. The number of nitrogens with zero attached hydrogens (tertiary/aromatic N) is 6. The largest absolute Gasteiger partial charge is 0.393 e. The van der Waals surface area contributed by atoms with Crippen molar-refractivity contribution in [2.75, 3.05) is 25.1 Å². The van der Waals surface area contributed by atoms with Gasteiger partial charge in [-0.25, -0.2) is 9.55 Å². The van der Waals surface area contributed by atoms with Crippen LogP contribution in [0.15, 0.2) is 28.6 Å². The topological polar surface area (TPSA) is 75.0 Å². The average Bonchev–Trinajstić information content (AvgIpc) is 3.17. The number of hydrogen-bond acceptors (Lipinski definition) is 4. The minimum absolute atomic E-state index is 0.350. The molecule has 0 atom stereocenters. The number of methoxy groups -OCH3 is 1. The number of hydrogen-bond donors (Lipinski definition) is 0. The van der Waals surface area contributed by atoms with Gasteiger partial charge in [0.15, 0.2) is 6.20 Å². The lowest BCUT2D eigenvalue weighted by Crippen LogP contribution is -2.40. The number of fused-ring (bicyclic) bond motifs is 1. The van der Waals surface area contributed by atoms with Crippen LogP contribution in [0.5, 0.6) is 0 Å². The highest BCUT2D eigenvalue weighted by Crippen LogP contribution is 2.18. The number of H-pyrrole nitrogens is 1. The Kier molecular flexibility index (Phi) is 4.73. The maximum atomic E-state index is 5.45. The van der Waals surface area contributed by atoms with Crippen molar-refractivity contribution in [3.63, 3.8) is 0 Å². The second kappa shape index (κ2) is 7.19. The molecule has 0 bridgehead atoms. The van der Waals surface area contributed by atoms with Gasteiger partial charge in [-0.1, -0.05) is 14.5 Å². The van der Waals surface area contributed by atoms with E-state index in [0.717, 1.165) is 37.4 Å². The zero-order valence-electron chi connectivity index (χ0n) is 16.4. The molecule has 142 valence electrons. The number of imidazole rings is 1. The van der Waals surface area contributed by atoms with Gasteiger partial charge in [-0.05, 0) is 13.8 Å². The SMILES string of the molecule is COC1CCN(c2nc(N=C3C=c4n(C(C)C)c(C)c[n+]4=N3)cc[nH+]2)CC1. The molecule has 1 fully saturated rings. The summed E-state index contributed by atoms with van der Waals surface area (Å²) in [7, 11) is 1.78. The number of nitrogens with one attached hydrogen (secondary N) is 1. The van der Waals surface area contributed by atoms with Crippen molar-refractivity contribution in [2.45, 2.75) is 45.8 Å². The molecule has 2 aliphatic heterocycles. The Morgan fingerprint density at radius 2 is 2.11 bits per heavy atom. The van der Waals surface area contributed by atoms with Crippen molar-refractivity contribution in [3.05, 3.63) is 29.6 Å². The molecule has 2 aromatic rings. The molecule has 0 amide bonds. The van der Waals surface area contributed by atoms with Gasteiger partial charge in [-0.15, -0.1) is 0 Å². The maximum absolute atomic E-state index is 5.45. The number of ether oxygens (including phenoxy) is 1. The van der Waals surface area contributed by atoms with Crippen LogP contribution >= 0.6 is 0 Å². The molecule has 1 N–H and O–H groups in total. The molecule has 8 nitrogen and oxygen atoms in total. The Labute approximate surface area is 158 Å². The molecule has 0 unspecified atom stereocenters. The quantitative estimate of drug-likeness (QED) is 0.756. The van der Waals surface area contributed by atoms with Crippen molar-refractivity contribution in [1.29, 1.82) is 0 Å². The summed E-state index contributed by atoms with van der Waals surface area (Å²) in [4.78, 5) is 14.8. The van der Waals surface area contributed by atoms with E-state index < -0.39 is 0 Å². The average molecular weight is 369 g/mol. The minimum atomic E-state index is 0.350.